The molecule has 0 atom stereocenters. The van der Waals surface area contributed by atoms with Crippen LogP contribution in [0.2, 0.25) is 0 Å². The summed E-state index contributed by atoms with van der Waals surface area (Å²) in [6.45, 7) is 4.47. The minimum absolute atomic E-state index is 0.111. The van der Waals surface area contributed by atoms with Crippen LogP contribution in [0.1, 0.15) is 31.7 Å². The molecular formula is C24H26N8O. The summed E-state index contributed by atoms with van der Waals surface area (Å²) in [5.41, 5.74) is 4.15. The summed E-state index contributed by atoms with van der Waals surface area (Å²) >= 11 is 0. The molecule has 0 unspecified atom stereocenters. The quantitative estimate of drug-likeness (QED) is 0.522. The van der Waals surface area contributed by atoms with Crippen LogP contribution in [0.15, 0.2) is 43.0 Å². The highest BCUT2D eigenvalue weighted by molar-refractivity contribution is 6.06. The molecule has 2 aliphatic heterocycles. The number of hydrogen-bond donors (Lipinski definition) is 1. The fraction of sp³-hybridized carbons (Fsp3) is 0.375. The monoisotopic (exact) mass is 442 g/mol. The molecule has 0 saturated carbocycles. The van der Waals surface area contributed by atoms with Gasteiger partial charge in [-0.05, 0) is 30.9 Å². The summed E-state index contributed by atoms with van der Waals surface area (Å²) in [4.78, 5) is 29.2. The minimum atomic E-state index is -0.456. The Bertz CT molecular complexity index is 1360. The summed E-state index contributed by atoms with van der Waals surface area (Å²) in [7, 11) is 1.98. The van der Waals surface area contributed by atoms with Gasteiger partial charge in [-0.3, -0.25) is 9.48 Å². The molecule has 5 heterocycles. The molecule has 3 aromatic heterocycles. The van der Waals surface area contributed by atoms with Gasteiger partial charge in [0, 0.05) is 38.6 Å². The molecule has 1 aromatic carbocycles. The summed E-state index contributed by atoms with van der Waals surface area (Å²) in [6.07, 6.45) is 7.99. The van der Waals surface area contributed by atoms with Crippen LogP contribution in [0.3, 0.4) is 0 Å². The number of anilines is 2. The van der Waals surface area contributed by atoms with Crippen LogP contribution < -0.4 is 10.2 Å². The first-order valence-corrected chi connectivity index (χ1v) is 11.5. The molecule has 6 rings (SSSR count). The Morgan fingerprint density at radius 3 is 2.79 bits per heavy atom. The predicted molar refractivity (Wildman–Crippen MR) is 126 cm³/mol. The van der Waals surface area contributed by atoms with Crippen LogP contribution in [-0.2, 0) is 23.8 Å². The van der Waals surface area contributed by atoms with E-state index >= 15 is 0 Å². The lowest BCUT2D eigenvalue weighted by Gasteiger charge is -2.38. The molecule has 1 amide bonds. The molecule has 168 valence electrons. The van der Waals surface area contributed by atoms with Gasteiger partial charge in [-0.1, -0.05) is 25.1 Å². The SMILES string of the molecule is CCCn1cc(-c2nc3c(N4CCC5(CC4)C(=O)Nc4ccccc45)ncnc3n2C)cn1. The van der Waals surface area contributed by atoms with Crippen molar-refractivity contribution < 1.29 is 4.79 Å². The number of carbonyl (C=O) groups excluding carboxylic acids is 1. The third-order valence-corrected chi connectivity index (χ3v) is 7.02. The second kappa shape index (κ2) is 7.40. The number of aromatic nitrogens is 6. The van der Waals surface area contributed by atoms with E-state index in [4.69, 9.17) is 4.98 Å². The highest BCUT2D eigenvalue weighted by atomic mass is 16.2. The maximum Gasteiger partial charge on any atom is 0.235 e. The highest BCUT2D eigenvalue weighted by Gasteiger charge is 2.48. The Hall–Kier alpha value is -3.75. The van der Waals surface area contributed by atoms with Gasteiger partial charge in [-0.2, -0.15) is 5.10 Å². The van der Waals surface area contributed by atoms with Crippen molar-refractivity contribution in [1.29, 1.82) is 0 Å². The maximum absolute atomic E-state index is 12.9. The third kappa shape index (κ3) is 2.95. The first kappa shape index (κ1) is 19.9. The van der Waals surface area contributed by atoms with E-state index in [2.05, 4.69) is 38.3 Å². The maximum atomic E-state index is 12.9. The van der Waals surface area contributed by atoms with Gasteiger partial charge in [0.25, 0.3) is 0 Å². The van der Waals surface area contributed by atoms with Crippen LogP contribution in [0, 0.1) is 0 Å². The van der Waals surface area contributed by atoms with E-state index in [1.165, 1.54) is 0 Å². The van der Waals surface area contributed by atoms with Crippen molar-refractivity contribution in [2.75, 3.05) is 23.3 Å². The van der Waals surface area contributed by atoms with Gasteiger partial charge in [-0.25, -0.2) is 15.0 Å². The highest BCUT2D eigenvalue weighted by Crippen LogP contribution is 2.45. The molecule has 1 spiro atoms. The molecule has 9 heteroatoms. The number of aryl methyl sites for hydroxylation is 2. The summed E-state index contributed by atoms with van der Waals surface area (Å²) < 4.78 is 3.94. The van der Waals surface area contributed by atoms with E-state index in [0.717, 1.165) is 78.5 Å². The van der Waals surface area contributed by atoms with Crippen molar-refractivity contribution >= 4 is 28.6 Å². The van der Waals surface area contributed by atoms with Crippen LogP contribution >= 0.6 is 0 Å². The van der Waals surface area contributed by atoms with Crippen LogP contribution in [0.5, 0.6) is 0 Å². The first-order chi connectivity index (χ1) is 16.1. The number of rotatable bonds is 4. The minimum Gasteiger partial charge on any atom is -0.355 e. The van der Waals surface area contributed by atoms with E-state index in [1.54, 1.807) is 6.33 Å². The zero-order valence-electron chi connectivity index (χ0n) is 18.8. The molecule has 0 aliphatic carbocycles. The zero-order chi connectivity index (χ0) is 22.6. The number of piperidine rings is 1. The first-order valence-electron chi connectivity index (χ1n) is 11.5. The number of benzene rings is 1. The van der Waals surface area contributed by atoms with Crippen LogP contribution in [0.4, 0.5) is 11.5 Å². The van der Waals surface area contributed by atoms with E-state index in [1.807, 2.05) is 46.9 Å². The third-order valence-electron chi connectivity index (χ3n) is 7.02. The van der Waals surface area contributed by atoms with E-state index in [0.29, 0.717) is 0 Å². The summed E-state index contributed by atoms with van der Waals surface area (Å²) in [5.74, 6) is 1.76. The molecule has 0 bridgehead atoms. The van der Waals surface area contributed by atoms with Crippen molar-refractivity contribution in [2.24, 2.45) is 7.05 Å². The van der Waals surface area contributed by atoms with Gasteiger partial charge in [0.2, 0.25) is 5.91 Å². The Morgan fingerprint density at radius 1 is 1.15 bits per heavy atom. The van der Waals surface area contributed by atoms with Crippen LogP contribution in [0.25, 0.3) is 22.6 Å². The fourth-order valence-electron chi connectivity index (χ4n) is 5.28. The summed E-state index contributed by atoms with van der Waals surface area (Å²) in [5, 5.41) is 7.53. The largest absolute Gasteiger partial charge is 0.355 e. The smallest absolute Gasteiger partial charge is 0.235 e. The van der Waals surface area contributed by atoms with E-state index in [-0.39, 0.29) is 5.91 Å². The Balaban J connectivity index is 1.32. The Morgan fingerprint density at radius 2 is 1.97 bits per heavy atom. The number of nitrogens with one attached hydrogen (secondary N) is 1. The number of nitrogens with zero attached hydrogens (tertiary/aromatic N) is 7. The normalized spacial score (nSPS) is 17.0. The zero-order valence-corrected chi connectivity index (χ0v) is 18.8. The molecule has 9 nitrogen and oxygen atoms in total. The lowest BCUT2D eigenvalue weighted by Crippen LogP contribution is -2.46. The van der Waals surface area contributed by atoms with Crippen molar-refractivity contribution in [3.05, 3.63) is 48.5 Å². The molecule has 1 N–H and O–H groups in total. The molecule has 33 heavy (non-hydrogen) atoms. The number of para-hydroxylation sites is 1. The van der Waals surface area contributed by atoms with Gasteiger partial charge in [0.05, 0.1) is 17.2 Å². The molecule has 0 radical (unpaired) electrons. The molecule has 4 aromatic rings. The number of fused-ring (bicyclic) bond motifs is 3. The number of hydrogen-bond acceptors (Lipinski definition) is 6. The second-order valence-electron chi connectivity index (χ2n) is 8.92. The van der Waals surface area contributed by atoms with Gasteiger partial charge in [0.1, 0.15) is 12.2 Å². The molecular weight excluding hydrogens is 416 g/mol. The second-order valence-corrected chi connectivity index (χ2v) is 8.92. The van der Waals surface area contributed by atoms with Crippen molar-refractivity contribution in [1.82, 2.24) is 29.3 Å². The predicted octanol–water partition coefficient (Wildman–Crippen LogP) is 3.13. The Labute approximate surface area is 191 Å². The van der Waals surface area contributed by atoms with Crippen LogP contribution in [-0.4, -0.2) is 48.3 Å². The number of carbonyl (C=O) groups is 1. The lowest BCUT2D eigenvalue weighted by atomic mass is 9.73. The lowest BCUT2D eigenvalue weighted by molar-refractivity contribution is -0.121. The van der Waals surface area contributed by atoms with Gasteiger partial charge < -0.3 is 14.8 Å². The molecule has 2 aliphatic rings. The van der Waals surface area contributed by atoms with E-state index in [9.17, 15) is 4.79 Å². The topological polar surface area (TPSA) is 93.8 Å². The molecule has 1 fully saturated rings. The average molecular weight is 443 g/mol. The van der Waals surface area contributed by atoms with Gasteiger partial charge in [-0.15, -0.1) is 0 Å². The Kier molecular flexibility index (Phi) is 4.46. The van der Waals surface area contributed by atoms with E-state index < -0.39 is 5.41 Å². The summed E-state index contributed by atoms with van der Waals surface area (Å²) in [6, 6.07) is 8.05. The van der Waals surface area contributed by atoms with Gasteiger partial charge in [0.15, 0.2) is 17.0 Å². The molecule has 1 saturated heterocycles. The number of imidazole rings is 1. The standard InChI is InChI=1S/C24H26N8O/c1-3-10-32-14-16(13-27-32)20-29-19-21(30(20)2)25-15-26-22(19)31-11-8-24(9-12-31)17-6-4-5-7-18(17)28-23(24)33/h4-7,13-15H,3,8-12H2,1-2H3,(H,28,33). The van der Waals surface area contributed by atoms with Crippen molar-refractivity contribution in [2.45, 2.75) is 38.1 Å². The number of amides is 1. The van der Waals surface area contributed by atoms with Gasteiger partial charge >= 0.3 is 0 Å². The average Bonchev–Trinajstić information content (AvgIpc) is 3.51. The fourth-order valence-corrected chi connectivity index (χ4v) is 5.28. The van der Waals surface area contributed by atoms with Crippen molar-refractivity contribution in [3.8, 4) is 11.4 Å². The van der Waals surface area contributed by atoms with Crippen molar-refractivity contribution in [3.63, 3.8) is 0 Å².